The van der Waals surface area contributed by atoms with E-state index in [2.05, 4.69) is 84.9 Å². The molecule has 4 rings (SSSR count). The van der Waals surface area contributed by atoms with E-state index in [1.54, 1.807) is 0 Å². The molecular formula is C26H32N2. The fraction of sp³-hybridized carbons (Fsp3) is 0.462. The van der Waals surface area contributed by atoms with Crippen molar-refractivity contribution in [2.75, 3.05) is 0 Å². The van der Waals surface area contributed by atoms with Crippen LogP contribution in [-0.2, 0) is 0 Å². The van der Waals surface area contributed by atoms with Crippen molar-refractivity contribution >= 4 is 22.8 Å². The number of aliphatic imine (C=N–C) groups is 2. The molecule has 146 valence electrons. The number of benzene rings is 2. The molecule has 2 bridgehead atoms. The van der Waals surface area contributed by atoms with E-state index >= 15 is 0 Å². The Balaban J connectivity index is 1.97. The van der Waals surface area contributed by atoms with Crippen molar-refractivity contribution in [3.05, 3.63) is 58.7 Å². The summed E-state index contributed by atoms with van der Waals surface area (Å²) in [5, 5.41) is 0. The van der Waals surface area contributed by atoms with E-state index in [0.717, 1.165) is 11.4 Å². The Labute approximate surface area is 169 Å². The average molecular weight is 373 g/mol. The molecule has 2 unspecified atom stereocenters. The summed E-state index contributed by atoms with van der Waals surface area (Å²) in [5.41, 5.74) is 9.89. The van der Waals surface area contributed by atoms with Gasteiger partial charge in [0.1, 0.15) is 0 Å². The summed E-state index contributed by atoms with van der Waals surface area (Å²) in [7, 11) is 0. The summed E-state index contributed by atoms with van der Waals surface area (Å²) in [4.78, 5) is 10.6. The smallest absolute Gasteiger partial charge is 0.0693 e. The second-order valence-electron chi connectivity index (χ2n) is 9.58. The number of hydrogen-bond acceptors (Lipinski definition) is 2. The highest BCUT2D eigenvalue weighted by Gasteiger charge is 2.63. The van der Waals surface area contributed by atoms with Crippen molar-refractivity contribution < 1.29 is 0 Å². The van der Waals surface area contributed by atoms with Gasteiger partial charge in [0.25, 0.3) is 0 Å². The number of hydrogen-bond donors (Lipinski definition) is 0. The second kappa shape index (κ2) is 6.40. The van der Waals surface area contributed by atoms with E-state index in [1.165, 1.54) is 46.5 Å². The van der Waals surface area contributed by atoms with Crippen molar-refractivity contribution in [1.82, 2.24) is 0 Å². The molecule has 0 spiro atoms. The fourth-order valence-electron chi connectivity index (χ4n) is 5.36. The quantitative estimate of drug-likeness (QED) is 0.531. The van der Waals surface area contributed by atoms with Crippen LogP contribution in [0.1, 0.15) is 55.9 Å². The molecular weight excluding hydrogens is 340 g/mol. The lowest BCUT2D eigenvalue weighted by Gasteiger charge is -2.33. The summed E-state index contributed by atoms with van der Waals surface area (Å²) < 4.78 is 0. The van der Waals surface area contributed by atoms with Crippen LogP contribution in [0, 0.1) is 44.4 Å². The van der Waals surface area contributed by atoms with Crippen molar-refractivity contribution in [1.29, 1.82) is 0 Å². The largest absolute Gasteiger partial charge is 0.251 e. The molecule has 0 radical (unpaired) electrons. The number of aryl methyl sites for hydroxylation is 4. The summed E-state index contributed by atoms with van der Waals surface area (Å²) in [6.07, 6.45) is 2.40. The molecule has 2 heteroatoms. The van der Waals surface area contributed by atoms with Crippen LogP contribution < -0.4 is 0 Å². The number of rotatable bonds is 2. The zero-order chi connectivity index (χ0) is 20.3. The van der Waals surface area contributed by atoms with Crippen LogP contribution >= 0.6 is 0 Å². The highest BCUT2D eigenvalue weighted by Crippen LogP contribution is 2.63. The second-order valence-corrected chi connectivity index (χ2v) is 9.58. The Morgan fingerprint density at radius 2 is 1.21 bits per heavy atom. The standard InChI is InChI=1S/C26H32N2/c1-16-10-8-11-17(2)21(16)27-23-20-14-15-26(7,25(20,5)6)24(23)28-22-18(3)12-9-13-19(22)4/h8-13,20H,14-15H2,1-7H3. The molecule has 2 aromatic rings. The average Bonchev–Trinajstić information content (AvgIpc) is 2.94. The maximum Gasteiger partial charge on any atom is 0.0693 e. The van der Waals surface area contributed by atoms with Gasteiger partial charge in [-0.2, -0.15) is 0 Å². The van der Waals surface area contributed by atoms with E-state index in [1.807, 2.05) is 0 Å². The first-order valence-corrected chi connectivity index (χ1v) is 10.5. The summed E-state index contributed by atoms with van der Waals surface area (Å²) in [6, 6.07) is 12.9. The third kappa shape index (κ3) is 2.61. The third-order valence-corrected chi connectivity index (χ3v) is 7.66. The van der Waals surface area contributed by atoms with E-state index < -0.39 is 0 Å². The molecule has 28 heavy (non-hydrogen) atoms. The minimum atomic E-state index is 0.0712. The third-order valence-electron chi connectivity index (χ3n) is 7.66. The zero-order valence-electron chi connectivity index (χ0n) is 18.4. The van der Waals surface area contributed by atoms with E-state index in [4.69, 9.17) is 9.98 Å². The normalized spacial score (nSPS) is 28.5. The molecule has 0 saturated heterocycles. The number of para-hydroxylation sites is 2. The van der Waals surface area contributed by atoms with Gasteiger partial charge < -0.3 is 0 Å². The van der Waals surface area contributed by atoms with Crippen molar-refractivity contribution in [2.45, 2.75) is 61.3 Å². The van der Waals surface area contributed by atoms with Gasteiger partial charge in [0.15, 0.2) is 0 Å². The molecule has 0 amide bonds. The molecule has 0 N–H and O–H groups in total. The van der Waals surface area contributed by atoms with Gasteiger partial charge in [-0.3, -0.25) is 9.98 Å². The van der Waals surface area contributed by atoms with Crippen LogP contribution in [0.5, 0.6) is 0 Å². The van der Waals surface area contributed by atoms with Crippen LogP contribution in [0.25, 0.3) is 0 Å². The minimum absolute atomic E-state index is 0.0712. The van der Waals surface area contributed by atoms with Gasteiger partial charge in [-0.05, 0) is 68.2 Å². The Hall–Kier alpha value is -2.22. The van der Waals surface area contributed by atoms with Gasteiger partial charge in [-0.1, -0.05) is 57.2 Å². The topological polar surface area (TPSA) is 24.7 Å². The molecule has 2 aromatic carbocycles. The Morgan fingerprint density at radius 3 is 1.71 bits per heavy atom. The lowest BCUT2D eigenvalue weighted by atomic mass is 9.70. The summed E-state index contributed by atoms with van der Waals surface area (Å²) in [5.74, 6) is 0.472. The lowest BCUT2D eigenvalue weighted by molar-refractivity contribution is 0.208. The van der Waals surface area contributed by atoms with Crippen molar-refractivity contribution in [3.8, 4) is 0 Å². The molecule has 2 nitrogen and oxygen atoms in total. The Kier molecular flexibility index (Phi) is 4.37. The Bertz CT molecular complexity index is 969. The van der Waals surface area contributed by atoms with Gasteiger partial charge in [0, 0.05) is 11.3 Å². The summed E-state index contributed by atoms with van der Waals surface area (Å²) in [6.45, 7) is 15.9. The lowest BCUT2D eigenvalue weighted by Crippen LogP contribution is -2.33. The van der Waals surface area contributed by atoms with Crippen molar-refractivity contribution in [2.24, 2.45) is 26.7 Å². The molecule has 0 aromatic heterocycles. The molecule has 2 aliphatic rings. The van der Waals surface area contributed by atoms with E-state index in [0.29, 0.717) is 5.92 Å². The number of fused-ring (bicyclic) bond motifs is 2. The van der Waals surface area contributed by atoms with Gasteiger partial charge >= 0.3 is 0 Å². The molecule has 2 saturated carbocycles. The first kappa shape index (κ1) is 19.1. The zero-order valence-corrected chi connectivity index (χ0v) is 18.4. The highest BCUT2D eigenvalue weighted by atomic mass is 14.9. The molecule has 2 atom stereocenters. The highest BCUT2D eigenvalue weighted by molar-refractivity contribution is 6.48. The maximum absolute atomic E-state index is 5.33. The van der Waals surface area contributed by atoms with Crippen LogP contribution in [0.15, 0.2) is 46.4 Å². The summed E-state index contributed by atoms with van der Waals surface area (Å²) >= 11 is 0. The van der Waals surface area contributed by atoms with Crippen LogP contribution in [0.4, 0.5) is 11.4 Å². The van der Waals surface area contributed by atoms with E-state index in [-0.39, 0.29) is 10.8 Å². The SMILES string of the molecule is Cc1cccc(C)c1N=C1C(=Nc2c(C)cccc2C)C2(C)CCC1C2(C)C. The first-order chi connectivity index (χ1) is 13.2. The maximum atomic E-state index is 5.33. The first-order valence-electron chi connectivity index (χ1n) is 10.5. The predicted molar refractivity (Wildman–Crippen MR) is 121 cm³/mol. The Morgan fingerprint density at radius 1 is 0.750 bits per heavy atom. The van der Waals surface area contributed by atoms with E-state index in [9.17, 15) is 0 Å². The van der Waals surface area contributed by atoms with Crippen LogP contribution in [0.3, 0.4) is 0 Å². The monoisotopic (exact) mass is 372 g/mol. The fourth-order valence-corrected chi connectivity index (χ4v) is 5.36. The molecule has 0 heterocycles. The minimum Gasteiger partial charge on any atom is -0.251 e. The predicted octanol–water partition coefficient (Wildman–Crippen LogP) is 7.22. The van der Waals surface area contributed by atoms with Gasteiger partial charge in [-0.25, -0.2) is 0 Å². The van der Waals surface area contributed by atoms with Crippen LogP contribution in [-0.4, -0.2) is 11.4 Å². The van der Waals surface area contributed by atoms with Gasteiger partial charge in [0.2, 0.25) is 0 Å². The van der Waals surface area contributed by atoms with Gasteiger partial charge in [-0.15, -0.1) is 0 Å². The molecule has 2 aliphatic carbocycles. The van der Waals surface area contributed by atoms with Crippen LogP contribution in [0.2, 0.25) is 0 Å². The van der Waals surface area contributed by atoms with Gasteiger partial charge in [0.05, 0.1) is 22.8 Å². The number of nitrogens with zero attached hydrogens (tertiary/aromatic N) is 2. The molecule has 2 fully saturated rings. The molecule has 0 aliphatic heterocycles. The van der Waals surface area contributed by atoms with Crippen molar-refractivity contribution in [3.63, 3.8) is 0 Å².